The standard InChI is InChI=1S/C18H22F3N3O/c1-5-6-12-7-9-13(10-8-12)23-16-22-11-14(18(19,20)21)15(24-16)25-17(2,3)4/h7-11H,5-6H2,1-4H3,(H,22,23,24). The first-order chi connectivity index (χ1) is 11.6. The summed E-state index contributed by atoms with van der Waals surface area (Å²) in [7, 11) is 0. The molecule has 7 heteroatoms. The summed E-state index contributed by atoms with van der Waals surface area (Å²) in [5, 5.41) is 2.91. The van der Waals surface area contributed by atoms with E-state index in [0.717, 1.165) is 19.0 Å². The van der Waals surface area contributed by atoms with Crippen LogP contribution in [-0.2, 0) is 12.6 Å². The smallest absolute Gasteiger partial charge is 0.423 e. The normalized spacial score (nSPS) is 12.1. The van der Waals surface area contributed by atoms with Crippen LogP contribution in [0.2, 0.25) is 0 Å². The quantitative estimate of drug-likeness (QED) is 0.785. The maximum Gasteiger partial charge on any atom is 0.423 e. The summed E-state index contributed by atoms with van der Waals surface area (Å²) in [6.07, 6.45) is -1.83. The van der Waals surface area contributed by atoms with Crippen LogP contribution < -0.4 is 10.1 Å². The number of ether oxygens (including phenoxy) is 1. The number of rotatable bonds is 5. The zero-order valence-electron chi connectivity index (χ0n) is 14.7. The lowest BCUT2D eigenvalue weighted by Gasteiger charge is -2.23. The lowest BCUT2D eigenvalue weighted by molar-refractivity contribution is -0.140. The largest absolute Gasteiger partial charge is 0.471 e. The summed E-state index contributed by atoms with van der Waals surface area (Å²) in [6, 6.07) is 7.61. The fourth-order valence-corrected chi connectivity index (χ4v) is 2.16. The minimum Gasteiger partial charge on any atom is -0.471 e. The van der Waals surface area contributed by atoms with Crippen molar-refractivity contribution in [2.45, 2.75) is 52.3 Å². The second-order valence-electron chi connectivity index (χ2n) is 6.70. The summed E-state index contributed by atoms with van der Waals surface area (Å²) < 4.78 is 44.7. The number of aromatic nitrogens is 2. The van der Waals surface area contributed by atoms with Gasteiger partial charge in [0.1, 0.15) is 11.2 Å². The van der Waals surface area contributed by atoms with Gasteiger partial charge in [-0.1, -0.05) is 25.5 Å². The molecule has 0 aliphatic carbocycles. The van der Waals surface area contributed by atoms with E-state index in [-0.39, 0.29) is 5.95 Å². The van der Waals surface area contributed by atoms with Crippen LogP contribution in [0.25, 0.3) is 0 Å². The van der Waals surface area contributed by atoms with Gasteiger partial charge in [-0.2, -0.15) is 18.2 Å². The maximum absolute atomic E-state index is 13.1. The predicted octanol–water partition coefficient (Wildman–Crippen LogP) is 5.37. The summed E-state index contributed by atoms with van der Waals surface area (Å²) >= 11 is 0. The average Bonchev–Trinajstić information content (AvgIpc) is 2.47. The van der Waals surface area contributed by atoms with Crippen LogP contribution in [0.5, 0.6) is 5.88 Å². The van der Waals surface area contributed by atoms with Crippen LogP contribution in [0.15, 0.2) is 30.5 Å². The van der Waals surface area contributed by atoms with Crippen molar-refractivity contribution in [2.75, 3.05) is 5.32 Å². The molecule has 1 aromatic carbocycles. The van der Waals surface area contributed by atoms with E-state index in [2.05, 4.69) is 22.2 Å². The van der Waals surface area contributed by atoms with Gasteiger partial charge in [0.05, 0.1) is 0 Å². The molecule has 0 bridgehead atoms. The highest BCUT2D eigenvalue weighted by molar-refractivity contribution is 5.54. The number of nitrogens with zero attached hydrogens (tertiary/aromatic N) is 2. The van der Waals surface area contributed by atoms with Crippen LogP contribution >= 0.6 is 0 Å². The average molecular weight is 353 g/mol. The van der Waals surface area contributed by atoms with Crippen molar-refractivity contribution in [1.29, 1.82) is 0 Å². The number of benzene rings is 1. The predicted molar refractivity (Wildman–Crippen MR) is 91.1 cm³/mol. The number of hydrogen-bond acceptors (Lipinski definition) is 4. The molecule has 0 aliphatic rings. The molecule has 1 N–H and O–H groups in total. The minimum atomic E-state index is -4.58. The van der Waals surface area contributed by atoms with Crippen LogP contribution in [0.4, 0.5) is 24.8 Å². The third kappa shape index (κ3) is 5.62. The number of aryl methyl sites for hydroxylation is 1. The summed E-state index contributed by atoms with van der Waals surface area (Å²) in [5.74, 6) is -0.435. The Morgan fingerprint density at radius 1 is 1.08 bits per heavy atom. The summed E-state index contributed by atoms with van der Waals surface area (Å²) in [5.41, 5.74) is 0.0821. The monoisotopic (exact) mass is 353 g/mol. The van der Waals surface area contributed by atoms with Crippen molar-refractivity contribution in [2.24, 2.45) is 0 Å². The molecular formula is C18H22F3N3O. The molecule has 0 saturated heterocycles. The third-order valence-corrected chi connectivity index (χ3v) is 3.21. The first kappa shape index (κ1) is 19.0. The Kier molecular flexibility index (Phi) is 5.55. The van der Waals surface area contributed by atoms with Gasteiger partial charge in [0.15, 0.2) is 0 Å². The number of hydrogen-bond donors (Lipinski definition) is 1. The van der Waals surface area contributed by atoms with Crippen molar-refractivity contribution in [3.8, 4) is 5.88 Å². The molecular weight excluding hydrogens is 331 g/mol. The fourth-order valence-electron chi connectivity index (χ4n) is 2.16. The van der Waals surface area contributed by atoms with E-state index in [1.807, 2.05) is 24.3 Å². The molecule has 0 atom stereocenters. The summed E-state index contributed by atoms with van der Waals surface area (Å²) in [6.45, 7) is 7.08. The fraction of sp³-hybridized carbons (Fsp3) is 0.444. The molecule has 0 spiro atoms. The topological polar surface area (TPSA) is 47.0 Å². The van der Waals surface area contributed by atoms with Gasteiger partial charge in [0, 0.05) is 11.9 Å². The van der Waals surface area contributed by atoms with Gasteiger partial charge in [0.25, 0.3) is 0 Å². The molecule has 0 fully saturated rings. The van der Waals surface area contributed by atoms with E-state index in [0.29, 0.717) is 5.69 Å². The van der Waals surface area contributed by atoms with E-state index in [1.54, 1.807) is 20.8 Å². The molecule has 2 rings (SSSR count). The highest BCUT2D eigenvalue weighted by Crippen LogP contribution is 2.36. The van der Waals surface area contributed by atoms with E-state index in [9.17, 15) is 13.2 Å². The molecule has 0 saturated carbocycles. The Balaban J connectivity index is 2.28. The SMILES string of the molecule is CCCc1ccc(Nc2ncc(C(F)(F)F)c(OC(C)(C)C)n2)cc1. The van der Waals surface area contributed by atoms with E-state index >= 15 is 0 Å². The highest BCUT2D eigenvalue weighted by Gasteiger charge is 2.37. The minimum absolute atomic E-state index is 0.0514. The number of halogens is 3. The van der Waals surface area contributed by atoms with Gasteiger partial charge < -0.3 is 10.1 Å². The molecule has 0 radical (unpaired) electrons. The molecule has 4 nitrogen and oxygen atoms in total. The maximum atomic E-state index is 13.1. The molecule has 136 valence electrons. The van der Waals surface area contributed by atoms with Gasteiger partial charge in [0.2, 0.25) is 11.8 Å². The molecule has 1 aromatic heterocycles. The Morgan fingerprint density at radius 2 is 1.72 bits per heavy atom. The van der Waals surface area contributed by atoms with E-state index in [4.69, 9.17) is 4.74 Å². The van der Waals surface area contributed by atoms with Crippen LogP contribution in [0.1, 0.15) is 45.2 Å². The molecule has 0 amide bonds. The van der Waals surface area contributed by atoms with E-state index < -0.39 is 23.2 Å². The zero-order valence-corrected chi connectivity index (χ0v) is 14.7. The zero-order chi connectivity index (χ0) is 18.7. The second kappa shape index (κ2) is 7.29. The first-order valence-corrected chi connectivity index (χ1v) is 8.07. The lowest BCUT2D eigenvalue weighted by Crippen LogP contribution is -2.26. The second-order valence-corrected chi connectivity index (χ2v) is 6.70. The number of alkyl halides is 3. The van der Waals surface area contributed by atoms with Crippen LogP contribution in [0.3, 0.4) is 0 Å². The molecule has 0 unspecified atom stereocenters. The summed E-state index contributed by atoms with van der Waals surface area (Å²) in [4.78, 5) is 7.68. The van der Waals surface area contributed by atoms with Crippen molar-refractivity contribution >= 4 is 11.6 Å². The van der Waals surface area contributed by atoms with Gasteiger partial charge in [-0.3, -0.25) is 0 Å². The molecule has 0 aliphatic heterocycles. The van der Waals surface area contributed by atoms with Crippen molar-refractivity contribution in [3.63, 3.8) is 0 Å². The number of nitrogens with one attached hydrogen (secondary N) is 1. The Bertz CT molecular complexity index is 707. The third-order valence-electron chi connectivity index (χ3n) is 3.21. The van der Waals surface area contributed by atoms with Gasteiger partial charge in [-0.25, -0.2) is 4.98 Å². The van der Waals surface area contributed by atoms with E-state index in [1.165, 1.54) is 5.56 Å². The highest BCUT2D eigenvalue weighted by atomic mass is 19.4. The molecule has 25 heavy (non-hydrogen) atoms. The van der Waals surface area contributed by atoms with Crippen LogP contribution in [0, 0.1) is 0 Å². The van der Waals surface area contributed by atoms with Gasteiger partial charge in [-0.05, 0) is 44.9 Å². The molecule has 2 aromatic rings. The Hall–Kier alpha value is -2.31. The van der Waals surface area contributed by atoms with Crippen molar-refractivity contribution < 1.29 is 17.9 Å². The lowest BCUT2D eigenvalue weighted by atomic mass is 10.1. The van der Waals surface area contributed by atoms with Crippen molar-refractivity contribution in [3.05, 3.63) is 41.6 Å². The molecule has 1 heterocycles. The Morgan fingerprint density at radius 3 is 2.24 bits per heavy atom. The first-order valence-electron chi connectivity index (χ1n) is 8.07. The van der Waals surface area contributed by atoms with Gasteiger partial charge in [-0.15, -0.1) is 0 Å². The van der Waals surface area contributed by atoms with Gasteiger partial charge >= 0.3 is 6.18 Å². The van der Waals surface area contributed by atoms with Crippen molar-refractivity contribution in [1.82, 2.24) is 9.97 Å². The number of anilines is 2. The van der Waals surface area contributed by atoms with Crippen LogP contribution in [-0.4, -0.2) is 15.6 Å². The Labute approximate surface area is 145 Å².